The van der Waals surface area contributed by atoms with Gasteiger partial charge in [0.15, 0.2) is 0 Å². The number of hydrogen-bond acceptors (Lipinski definition) is 3. The van der Waals surface area contributed by atoms with Gasteiger partial charge in [-0.1, -0.05) is 23.7 Å². The lowest BCUT2D eigenvalue weighted by Crippen LogP contribution is -2.10. The van der Waals surface area contributed by atoms with E-state index in [1.165, 1.54) is 0 Å². The van der Waals surface area contributed by atoms with Gasteiger partial charge in [-0.15, -0.1) is 0 Å². The van der Waals surface area contributed by atoms with Gasteiger partial charge in [0, 0.05) is 16.5 Å². The fraction of sp³-hybridized carbons (Fsp3) is 0.364. The predicted molar refractivity (Wildman–Crippen MR) is 65.0 cm³/mol. The molecule has 16 heavy (non-hydrogen) atoms. The molecule has 0 radical (unpaired) electrons. The van der Waals surface area contributed by atoms with Gasteiger partial charge in [-0.05, 0) is 31.0 Å². The molecule has 1 rings (SSSR count). The van der Waals surface area contributed by atoms with Crippen LogP contribution in [0.3, 0.4) is 0 Å². The maximum Gasteiger partial charge on any atom is 0.241 e. The molecule has 0 bridgehead atoms. The zero-order valence-corrected chi connectivity index (χ0v) is 9.78. The van der Waals surface area contributed by atoms with Crippen molar-refractivity contribution in [2.75, 3.05) is 13.1 Å². The van der Waals surface area contributed by atoms with Crippen LogP contribution >= 0.6 is 11.6 Å². The Bertz CT molecular complexity index is 387. The van der Waals surface area contributed by atoms with Crippen molar-refractivity contribution in [3.8, 4) is 0 Å². The zero-order chi connectivity index (χ0) is 12.0. The van der Waals surface area contributed by atoms with Crippen LogP contribution in [0.4, 0.5) is 0 Å². The molecule has 0 saturated carbocycles. The Kier molecular flexibility index (Phi) is 4.92. The molecule has 0 aliphatic rings. The van der Waals surface area contributed by atoms with Gasteiger partial charge in [-0.25, -0.2) is 0 Å². The number of nitrogens with zero attached hydrogens (tertiary/aromatic N) is 2. The number of rotatable bonds is 5. The van der Waals surface area contributed by atoms with Crippen LogP contribution < -0.4 is 0 Å². The van der Waals surface area contributed by atoms with E-state index in [4.69, 9.17) is 11.6 Å². The van der Waals surface area contributed by atoms with Crippen molar-refractivity contribution in [3.05, 3.63) is 45.0 Å². The number of benzene rings is 1. The van der Waals surface area contributed by atoms with E-state index in [0.717, 1.165) is 12.0 Å². The minimum atomic E-state index is -0.374. The smallest absolute Gasteiger partial charge is 0.241 e. The molecule has 86 valence electrons. The molecular weight excluding hydrogens is 228 g/mol. The molecule has 1 aromatic rings. The Balaban J connectivity index is 2.40. The van der Waals surface area contributed by atoms with Gasteiger partial charge in [0.2, 0.25) is 6.54 Å². The average molecular weight is 241 g/mol. The van der Waals surface area contributed by atoms with Gasteiger partial charge in [0.1, 0.15) is 0 Å². The van der Waals surface area contributed by atoms with Gasteiger partial charge < -0.3 is 0 Å². The monoisotopic (exact) mass is 240 g/mol. The molecule has 0 aromatic heterocycles. The summed E-state index contributed by atoms with van der Waals surface area (Å²) in [6, 6.07) is 7.51. The van der Waals surface area contributed by atoms with Crippen molar-refractivity contribution in [2.24, 2.45) is 4.99 Å². The second-order valence-corrected chi connectivity index (χ2v) is 3.92. The molecule has 0 N–H and O–H groups in total. The summed E-state index contributed by atoms with van der Waals surface area (Å²) >= 11 is 5.75. The van der Waals surface area contributed by atoms with Crippen molar-refractivity contribution in [3.63, 3.8) is 0 Å². The second kappa shape index (κ2) is 6.23. The van der Waals surface area contributed by atoms with Crippen LogP contribution in [0.1, 0.15) is 12.5 Å². The third-order valence-corrected chi connectivity index (χ3v) is 2.31. The quantitative estimate of drug-likeness (QED) is 0.451. The van der Waals surface area contributed by atoms with Crippen LogP contribution in [0.5, 0.6) is 0 Å². The first-order valence-corrected chi connectivity index (χ1v) is 5.32. The van der Waals surface area contributed by atoms with Gasteiger partial charge in [-0.3, -0.25) is 15.1 Å². The van der Waals surface area contributed by atoms with Crippen molar-refractivity contribution >= 4 is 17.3 Å². The summed E-state index contributed by atoms with van der Waals surface area (Å²) in [6.45, 7) is 2.06. The van der Waals surface area contributed by atoms with Crippen molar-refractivity contribution in [1.82, 2.24) is 0 Å². The van der Waals surface area contributed by atoms with Gasteiger partial charge in [-0.2, -0.15) is 0 Å². The number of aliphatic imine (C=N–C) groups is 1. The van der Waals surface area contributed by atoms with E-state index < -0.39 is 0 Å². The molecule has 0 unspecified atom stereocenters. The maximum atomic E-state index is 10.2. The van der Waals surface area contributed by atoms with E-state index in [0.29, 0.717) is 17.3 Å². The summed E-state index contributed by atoms with van der Waals surface area (Å²) in [6.07, 6.45) is 0.770. The van der Waals surface area contributed by atoms with E-state index in [1.54, 1.807) is 6.92 Å². The molecule has 1 aromatic carbocycles. The molecule has 0 aliphatic heterocycles. The summed E-state index contributed by atoms with van der Waals surface area (Å²) in [4.78, 5) is 13.9. The van der Waals surface area contributed by atoms with Crippen LogP contribution in [0.25, 0.3) is 0 Å². The van der Waals surface area contributed by atoms with Crippen LogP contribution in [0.15, 0.2) is 29.3 Å². The first-order valence-electron chi connectivity index (χ1n) is 4.94. The Morgan fingerprint density at radius 2 is 2.06 bits per heavy atom. The molecule has 0 amide bonds. The van der Waals surface area contributed by atoms with Gasteiger partial charge in [0.25, 0.3) is 0 Å². The molecule has 0 atom stereocenters. The predicted octanol–water partition coefficient (Wildman–Crippen LogP) is 2.62. The number of halogens is 1. The normalized spacial score (nSPS) is 11.5. The second-order valence-electron chi connectivity index (χ2n) is 3.48. The fourth-order valence-corrected chi connectivity index (χ4v) is 1.39. The Morgan fingerprint density at radius 1 is 1.44 bits per heavy atom. The minimum Gasteiger partial charge on any atom is -0.287 e. The van der Waals surface area contributed by atoms with E-state index in [-0.39, 0.29) is 11.5 Å². The highest BCUT2D eigenvalue weighted by molar-refractivity contribution is 6.30. The van der Waals surface area contributed by atoms with Gasteiger partial charge in [0.05, 0.1) is 5.71 Å². The fourth-order valence-electron chi connectivity index (χ4n) is 1.26. The summed E-state index contributed by atoms with van der Waals surface area (Å²) in [7, 11) is 0. The highest BCUT2D eigenvalue weighted by Crippen LogP contribution is 2.09. The SMILES string of the molecule is CC(C[N+](=O)[O-])=NCCc1ccc(Cl)cc1. The highest BCUT2D eigenvalue weighted by Gasteiger charge is 2.00. The number of nitro groups is 1. The molecule has 0 aliphatic carbocycles. The van der Waals surface area contributed by atoms with E-state index in [2.05, 4.69) is 4.99 Å². The third-order valence-electron chi connectivity index (χ3n) is 2.05. The molecule has 4 nitrogen and oxygen atoms in total. The summed E-state index contributed by atoms with van der Waals surface area (Å²) < 4.78 is 0. The first kappa shape index (κ1) is 12.6. The lowest BCUT2D eigenvalue weighted by Gasteiger charge is -1.99. The van der Waals surface area contributed by atoms with Gasteiger partial charge >= 0.3 is 0 Å². The summed E-state index contributed by atoms with van der Waals surface area (Å²) in [5.41, 5.74) is 1.68. The van der Waals surface area contributed by atoms with E-state index in [1.807, 2.05) is 24.3 Å². The van der Waals surface area contributed by atoms with Crippen LogP contribution in [-0.4, -0.2) is 23.7 Å². The molecule has 5 heteroatoms. The van der Waals surface area contributed by atoms with Crippen LogP contribution in [0, 0.1) is 10.1 Å². The van der Waals surface area contributed by atoms with E-state index >= 15 is 0 Å². The lowest BCUT2D eigenvalue weighted by molar-refractivity contribution is -0.463. The largest absolute Gasteiger partial charge is 0.287 e. The van der Waals surface area contributed by atoms with Crippen molar-refractivity contribution in [2.45, 2.75) is 13.3 Å². The zero-order valence-electron chi connectivity index (χ0n) is 9.02. The van der Waals surface area contributed by atoms with Crippen LogP contribution in [-0.2, 0) is 6.42 Å². The lowest BCUT2D eigenvalue weighted by atomic mass is 10.1. The van der Waals surface area contributed by atoms with Crippen molar-refractivity contribution in [1.29, 1.82) is 0 Å². The molecule has 0 saturated heterocycles. The molecule has 0 spiro atoms. The first-order chi connectivity index (χ1) is 7.58. The topological polar surface area (TPSA) is 55.5 Å². The van der Waals surface area contributed by atoms with Crippen LogP contribution in [0.2, 0.25) is 5.02 Å². The summed E-state index contributed by atoms with van der Waals surface area (Å²) in [5, 5.41) is 10.9. The molecule has 0 fully saturated rings. The standard InChI is InChI=1S/C11H13ClN2O2/c1-9(8-14(15)16)13-7-6-10-2-4-11(12)5-3-10/h2-5H,6-8H2,1H3. The molecule has 0 heterocycles. The minimum absolute atomic E-state index is 0.180. The number of hydrogen-bond donors (Lipinski definition) is 0. The Hall–Kier alpha value is -1.42. The third kappa shape index (κ3) is 4.89. The maximum absolute atomic E-state index is 10.2. The molecular formula is C11H13ClN2O2. The Labute approximate surface area is 99.1 Å². The Morgan fingerprint density at radius 3 is 2.62 bits per heavy atom. The van der Waals surface area contributed by atoms with E-state index in [9.17, 15) is 10.1 Å². The average Bonchev–Trinajstić information content (AvgIpc) is 2.20. The summed E-state index contributed by atoms with van der Waals surface area (Å²) in [5.74, 6) is 0. The highest BCUT2D eigenvalue weighted by atomic mass is 35.5. The van der Waals surface area contributed by atoms with Crippen molar-refractivity contribution < 1.29 is 4.92 Å².